The van der Waals surface area contributed by atoms with Crippen molar-refractivity contribution in [2.45, 2.75) is 0 Å². The van der Waals surface area contributed by atoms with Gasteiger partial charge >= 0.3 is 7.82 Å². The molecular weight excluding hydrogens is 215 g/mol. The number of anilines is 3. The predicted octanol–water partition coefficient (Wildman–Crippen LogP) is -1.53. The van der Waals surface area contributed by atoms with E-state index in [1.807, 2.05) is 0 Å². The standard InChI is InChI=1S/C3H7N6O4P/c4-1-6-2(5)8-3(7-1)9-13-14(10,11)12/h(H2,10,11,12)(H5,4,5,6,7,8,9). The van der Waals surface area contributed by atoms with Crippen LogP contribution in [0.3, 0.4) is 0 Å². The molecular formula is C3H7N6O4P. The summed E-state index contributed by atoms with van der Waals surface area (Å²) < 4.78 is 14.1. The van der Waals surface area contributed by atoms with E-state index in [1.54, 1.807) is 5.48 Å². The number of nitrogens with one attached hydrogen (secondary N) is 1. The maximum atomic E-state index is 10.3. The first-order valence-corrected chi connectivity index (χ1v) is 4.67. The fourth-order valence-electron chi connectivity index (χ4n) is 0.555. The van der Waals surface area contributed by atoms with E-state index in [-0.39, 0.29) is 17.8 Å². The molecule has 0 saturated carbocycles. The molecule has 1 rings (SSSR count). The summed E-state index contributed by atoms with van der Waals surface area (Å²) in [6.07, 6.45) is 0. The maximum absolute atomic E-state index is 10.3. The first kappa shape index (κ1) is 10.6. The number of hydrogen-bond acceptors (Lipinski definition) is 8. The van der Waals surface area contributed by atoms with E-state index in [0.29, 0.717) is 0 Å². The molecule has 1 aromatic heterocycles. The van der Waals surface area contributed by atoms with Crippen LogP contribution in [-0.4, -0.2) is 24.7 Å². The van der Waals surface area contributed by atoms with Crippen LogP contribution in [0.5, 0.6) is 0 Å². The van der Waals surface area contributed by atoms with Crippen molar-refractivity contribution in [3.05, 3.63) is 0 Å². The Morgan fingerprint density at radius 1 is 1.21 bits per heavy atom. The summed E-state index contributed by atoms with van der Waals surface area (Å²) in [6, 6.07) is 0. The van der Waals surface area contributed by atoms with Crippen LogP contribution in [-0.2, 0) is 9.19 Å². The number of phosphoric acid groups is 1. The van der Waals surface area contributed by atoms with Crippen LogP contribution in [0.2, 0.25) is 0 Å². The van der Waals surface area contributed by atoms with Gasteiger partial charge in [0.05, 0.1) is 0 Å². The van der Waals surface area contributed by atoms with Crippen molar-refractivity contribution >= 4 is 25.7 Å². The highest BCUT2D eigenvalue weighted by molar-refractivity contribution is 7.46. The smallest absolute Gasteiger partial charge is 0.368 e. The predicted molar refractivity (Wildman–Crippen MR) is 45.4 cm³/mol. The van der Waals surface area contributed by atoms with E-state index in [4.69, 9.17) is 21.3 Å². The molecule has 0 spiro atoms. The molecule has 0 unspecified atom stereocenters. The first-order chi connectivity index (χ1) is 6.37. The minimum atomic E-state index is -4.65. The topological polar surface area (TPSA) is 170 Å². The van der Waals surface area contributed by atoms with Crippen molar-refractivity contribution in [2.75, 3.05) is 16.9 Å². The van der Waals surface area contributed by atoms with Crippen LogP contribution >= 0.6 is 7.82 Å². The summed E-state index contributed by atoms with van der Waals surface area (Å²) in [5.41, 5.74) is 12.1. The Bertz CT molecular complexity index is 357. The van der Waals surface area contributed by atoms with Crippen molar-refractivity contribution in [3.8, 4) is 0 Å². The average Bonchev–Trinajstić information content (AvgIpc) is 1.97. The van der Waals surface area contributed by atoms with Crippen molar-refractivity contribution < 1.29 is 19.0 Å². The van der Waals surface area contributed by atoms with Crippen LogP contribution in [0.15, 0.2) is 0 Å². The number of rotatable bonds is 3. The lowest BCUT2D eigenvalue weighted by molar-refractivity contribution is 0.231. The maximum Gasteiger partial charge on any atom is 0.491 e. The minimum Gasteiger partial charge on any atom is -0.368 e. The molecule has 11 heteroatoms. The Labute approximate surface area is 77.5 Å². The zero-order valence-electron chi connectivity index (χ0n) is 6.65. The zero-order chi connectivity index (χ0) is 10.8. The van der Waals surface area contributed by atoms with Crippen LogP contribution in [0.4, 0.5) is 17.8 Å². The monoisotopic (exact) mass is 222 g/mol. The lowest BCUT2D eigenvalue weighted by Gasteiger charge is -2.05. The Hall–Kier alpha value is -1.48. The molecule has 0 radical (unpaired) electrons. The quantitative estimate of drug-likeness (QED) is 0.298. The molecule has 0 aliphatic rings. The average molecular weight is 222 g/mol. The number of nitrogens with zero attached hydrogens (tertiary/aromatic N) is 3. The first-order valence-electron chi connectivity index (χ1n) is 3.14. The summed E-state index contributed by atoms with van der Waals surface area (Å²) in [7, 11) is -4.65. The number of hydrogen-bond donors (Lipinski definition) is 5. The van der Waals surface area contributed by atoms with Crippen LogP contribution in [0, 0.1) is 0 Å². The van der Waals surface area contributed by atoms with E-state index < -0.39 is 7.82 Å². The normalized spacial score (nSPS) is 11.3. The second kappa shape index (κ2) is 3.72. The summed E-state index contributed by atoms with van der Waals surface area (Å²) in [4.78, 5) is 26.9. The molecule has 0 saturated heterocycles. The third-order valence-corrected chi connectivity index (χ3v) is 1.25. The van der Waals surface area contributed by atoms with Gasteiger partial charge in [-0.25, -0.2) is 10.0 Å². The highest BCUT2D eigenvalue weighted by Gasteiger charge is 2.15. The summed E-state index contributed by atoms with van der Waals surface area (Å²) in [5.74, 6) is -0.693. The van der Waals surface area contributed by atoms with Crippen molar-refractivity contribution in [1.29, 1.82) is 0 Å². The van der Waals surface area contributed by atoms with E-state index >= 15 is 0 Å². The van der Waals surface area contributed by atoms with Gasteiger partial charge in [-0.1, -0.05) is 0 Å². The molecule has 78 valence electrons. The van der Waals surface area contributed by atoms with Crippen LogP contribution in [0.25, 0.3) is 0 Å². The summed E-state index contributed by atoms with van der Waals surface area (Å²) in [5, 5.41) is 0. The molecule has 7 N–H and O–H groups in total. The Balaban J connectivity index is 2.73. The number of nitrogen functional groups attached to an aromatic ring is 2. The second-order valence-corrected chi connectivity index (χ2v) is 3.22. The molecule has 1 aromatic rings. The largest absolute Gasteiger partial charge is 0.491 e. The molecule has 0 aromatic carbocycles. The lowest BCUT2D eigenvalue weighted by atomic mass is 10.8. The van der Waals surface area contributed by atoms with E-state index in [1.165, 1.54) is 0 Å². The molecule has 0 bridgehead atoms. The molecule has 0 atom stereocenters. The highest BCUT2D eigenvalue weighted by Crippen LogP contribution is 2.35. The zero-order valence-corrected chi connectivity index (χ0v) is 7.55. The van der Waals surface area contributed by atoms with Gasteiger partial charge in [0.25, 0.3) is 5.95 Å². The Morgan fingerprint density at radius 2 is 1.71 bits per heavy atom. The van der Waals surface area contributed by atoms with Gasteiger partial charge in [0.2, 0.25) is 11.9 Å². The SMILES string of the molecule is Nc1nc(N)nc(NOP(=O)(O)O)n1. The second-order valence-electron chi connectivity index (χ2n) is 2.06. The van der Waals surface area contributed by atoms with Gasteiger partial charge < -0.3 is 21.3 Å². The summed E-state index contributed by atoms with van der Waals surface area (Å²) >= 11 is 0. The van der Waals surface area contributed by atoms with Gasteiger partial charge in [0.1, 0.15) is 0 Å². The molecule has 14 heavy (non-hydrogen) atoms. The molecule has 0 amide bonds. The molecule has 0 aliphatic carbocycles. The van der Waals surface area contributed by atoms with Gasteiger partial charge in [-0.05, 0) is 0 Å². The van der Waals surface area contributed by atoms with Crippen molar-refractivity contribution in [2.24, 2.45) is 0 Å². The van der Waals surface area contributed by atoms with Gasteiger partial charge in [-0.2, -0.15) is 19.6 Å². The minimum absolute atomic E-state index is 0.200. The van der Waals surface area contributed by atoms with Crippen molar-refractivity contribution in [1.82, 2.24) is 15.0 Å². The molecule has 1 heterocycles. The van der Waals surface area contributed by atoms with Gasteiger partial charge in [-0.3, -0.25) is 0 Å². The molecule has 10 nitrogen and oxygen atoms in total. The van der Waals surface area contributed by atoms with Gasteiger partial charge in [-0.15, -0.1) is 0 Å². The van der Waals surface area contributed by atoms with E-state index in [2.05, 4.69) is 19.6 Å². The molecule has 0 aliphatic heterocycles. The van der Waals surface area contributed by atoms with Crippen LogP contribution < -0.4 is 16.9 Å². The van der Waals surface area contributed by atoms with Gasteiger partial charge in [0.15, 0.2) is 0 Å². The summed E-state index contributed by atoms with van der Waals surface area (Å²) in [6.45, 7) is 0. The fraction of sp³-hybridized carbons (Fsp3) is 0. The Morgan fingerprint density at radius 3 is 2.14 bits per heavy atom. The van der Waals surface area contributed by atoms with E-state index in [0.717, 1.165) is 0 Å². The lowest BCUT2D eigenvalue weighted by Crippen LogP contribution is -2.09. The van der Waals surface area contributed by atoms with Crippen LogP contribution in [0.1, 0.15) is 0 Å². The van der Waals surface area contributed by atoms with Crippen molar-refractivity contribution in [3.63, 3.8) is 0 Å². The molecule has 0 fully saturated rings. The number of aromatic nitrogens is 3. The van der Waals surface area contributed by atoms with E-state index in [9.17, 15) is 4.57 Å². The third kappa shape index (κ3) is 3.49. The Kier molecular flexibility index (Phi) is 2.81. The third-order valence-electron chi connectivity index (χ3n) is 0.926. The highest BCUT2D eigenvalue weighted by atomic mass is 31.2. The number of nitrogens with two attached hydrogens (primary N) is 2. The fourth-order valence-corrected chi connectivity index (χ4v) is 0.756. The van der Waals surface area contributed by atoms with Gasteiger partial charge in [0, 0.05) is 0 Å².